The van der Waals surface area contributed by atoms with Crippen LogP contribution in [-0.2, 0) is 25.9 Å². The molecule has 1 heterocycles. The number of benzene rings is 1. The van der Waals surface area contributed by atoms with Crippen LogP contribution in [0.5, 0.6) is 0 Å². The van der Waals surface area contributed by atoms with Gasteiger partial charge in [-0.25, -0.2) is 4.68 Å². The molecule has 114 valence electrons. The van der Waals surface area contributed by atoms with E-state index in [2.05, 4.69) is 41.5 Å². The third kappa shape index (κ3) is 4.10. The minimum absolute atomic E-state index is 0.229. The van der Waals surface area contributed by atoms with Crippen molar-refractivity contribution in [2.24, 2.45) is 5.73 Å². The predicted molar refractivity (Wildman–Crippen MR) is 79.6 cm³/mol. The number of aliphatic hydroxyl groups is 2. The van der Waals surface area contributed by atoms with Gasteiger partial charge in [-0.3, -0.25) is 0 Å². The summed E-state index contributed by atoms with van der Waals surface area (Å²) in [5.41, 5.74) is 9.82. The Morgan fingerprint density at radius 3 is 2.57 bits per heavy atom. The lowest BCUT2D eigenvalue weighted by atomic mass is 10.1. The molecule has 1 unspecified atom stereocenters. The molecule has 0 saturated carbocycles. The molecule has 0 radical (unpaired) electrons. The van der Waals surface area contributed by atoms with Crippen molar-refractivity contribution in [1.82, 2.24) is 15.0 Å². The van der Waals surface area contributed by atoms with Crippen LogP contribution in [0.25, 0.3) is 0 Å². The Labute approximate surface area is 124 Å². The molecule has 6 heteroatoms. The standard InChI is InChI=1S/C15H22N4O2/c1-11-2-4-12(5-3-11)6-7-15-14(8-16)17-18-19(15)9-13(21)10-20/h2-5,13,20-21H,6-10,16H2,1H3. The third-order valence-corrected chi connectivity index (χ3v) is 3.48. The highest BCUT2D eigenvalue weighted by Crippen LogP contribution is 2.12. The van der Waals surface area contributed by atoms with Gasteiger partial charge in [0.15, 0.2) is 0 Å². The average Bonchev–Trinajstić information content (AvgIpc) is 2.88. The Bertz CT molecular complexity index is 566. The van der Waals surface area contributed by atoms with Crippen LogP contribution in [0, 0.1) is 6.92 Å². The fourth-order valence-electron chi connectivity index (χ4n) is 2.22. The highest BCUT2D eigenvalue weighted by Gasteiger charge is 2.14. The summed E-state index contributed by atoms with van der Waals surface area (Å²) < 4.78 is 1.64. The number of hydrogen-bond acceptors (Lipinski definition) is 5. The molecule has 1 atom stereocenters. The van der Waals surface area contributed by atoms with Crippen LogP contribution >= 0.6 is 0 Å². The van der Waals surface area contributed by atoms with Crippen molar-refractivity contribution in [2.45, 2.75) is 39.0 Å². The number of aliphatic hydroxyl groups excluding tert-OH is 2. The van der Waals surface area contributed by atoms with Gasteiger partial charge < -0.3 is 15.9 Å². The van der Waals surface area contributed by atoms with E-state index in [1.54, 1.807) is 4.68 Å². The van der Waals surface area contributed by atoms with Gasteiger partial charge in [-0.1, -0.05) is 35.0 Å². The Morgan fingerprint density at radius 2 is 1.95 bits per heavy atom. The average molecular weight is 290 g/mol. The van der Waals surface area contributed by atoms with E-state index in [-0.39, 0.29) is 13.2 Å². The van der Waals surface area contributed by atoms with Crippen molar-refractivity contribution in [3.8, 4) is 0 Å². The molecule has 0 aliphatic rings. The predicted octanol–water partition coefficient (Wildman–Crippen LogP) is 0.184. The molecule has 21 heavy (non-hydrogen) atoms. The van der Waals surface area contributed by atoms with E-state index in [0.717, 1.165) is 24.2 Å². The SMILES string of the molecule is Cc1ccc(CCc2c(CN)nnn2CC(O)CO)cc1. The zero-order valence-electron chi connectivity index (χ0n) is 12.2. The molecule has 0 bridgehead atoms. The summed E-state index contributed by atoms with van der Waals surface area (Å²) in [6.45, 7) is 2.31. The largest absolute Gasteiger partial charge is 0.394 e. The fraction of sp³-hybridized carbons (Fsp3) is 0.467. The van der Waals surface area contributed by atoms with Gasteiger partial charge in [-0.05, 0) is 25.3 Å². The second-order valence-corrected chi connectivity index (χ2v) is 5.19. The summed E-state index contributed by atoms with van der Waals surface area (Å²) in [7, 11) is 0. The van der Waals surface area contributed by atoms with E-state index < -0.39 is 6.10 Å². The molecule has 0 spiro atoms. The first kappa shape index (κ1) is 15.6. The number of aromatic nitrogens is 3. The van der Waals surface area contributed by atoms with Gasteiger partial charge in [-0.2, -0.15) is 0 Å². The third-order valence-electron chi connectivity index (χ3n) is 3.48. The number of nitrogens with zero attached hydrogens (tertiary/aromatic N) is 3. The first-order chi connectivity index (χ1) is 10.1. The van der Waals surface area contributed by atoms with Crippen molar-refractivity contribution in [1.29, 1.82) is 0 Å². The second-order valence-electron chi connectivity index (χ2n) is 5.19. The van der Waals surface area contributed by atoms with Gasteiger partial charge in [0.25, 0.3) is 0 Å². The van der Waals surface area contributed by atoms with Gasteiger partial charge >= 0.3 is 0 Å². The lowest BCUT2D eigenvalue weighted by molar-refractivity contribution is 0.0770. The topological polar surface area (TPSA) is 97.2 Å². The molecular formula is C15H22N4O2. The zero-order valence-corrected chi connectivity index (χ0v) is 12.2. The van der Waals surface area contributed by atoms with Crippen molar-refractivity contribution in [2.75, 3.05) is 6.61 Å². The summed E-state index contributed by atoms with van der Waals surface area (Å²) in [4.78, 5) is 0. The number of nitrogens with two attached hydrogens (primary N) is 1. The van der Waals surface area contributed by atoms with Gasteiger partial charge in [0.1, 0.15) is 0 Å². The van der Waals surface area contributed by atoms with Crippen molar-refractivity contribution in [3.63, 3.8) is 0 Å². The summed E-state index contributed by atoms with van der Waals surface area (Å²) in [5.74, 6) is 0. The van der Waals surface area contributed by atoms with E-state index in [0.29, 0.717) is 6.54 Å². The second kappa shape index (κ2) is 7.31. The first-order valence-corrected chi connectivity index (χ1v) is 7.09. The Balaban J connectivity index is 2.10. The van der Waals surface area contributed by atoms with E-state index in [9.17, 15) is 5.11 Å². The Hall–Kier alpha value is -1.76. The summed E-state index contributed by atoms with van der Waals surface area (Å²) >= 11 is 0. The maximum atomic E-state index is 9.56. The lowest BCUT2D eigenvalue weighted by Gasteiger charge is -2.11. The molecule has 1 aromatic carbocycles. The number of hydrogen-bond donors (Lipinski definition) is 3. The van der Waals surface area contributed by atoms with Crippen LogP contribution in [0.15, 0.2) is 24.3 Å². The van der Waals surface area contributed by atoms with Crippen molar-refractivity contribution < 1.29 is 10.2 Å². The quantitative estimate of drug-likeness (QED) is 0.676. The maximum Gasteiger partial charge on any atom is 0.0994 e. The lowest BCUT2D eigenvalue weighted by Crippen LogP contribution is -2.22. The molecular weight excluding hydrogens is 268 g/mol. The molecule has 1 aromatic heterocycles. The zero-order chi connectivity index (χ0) is 15.2. The van der Waals surface area contributed by atoms with Crippen molar-refractivity contribution >= 4 is 0 Å². The molecule has 4 N–H and O–H groups in total. The number of aryl methyl sites for hydroxylation is 2. The summed E-state index contributed by atoms with van der Waals surface area (Å²) in [5, 5.41) is 26.6. The van der Waals surface area contributed by atoms with Gasteiger partial charge in [0, 0.05) is 6.54 Å². The van der Waals surface area contributed by atoms with Crippen LogP contribution in [-0.4, -0.2) is 37.9 Å². The van der Waals surface area contributed by atoms with Crippen LogP contribution in [0.4, 0.5) is 0 Å². The first-order valence-electron chi connectivity index (χ1n) is 7.09. The Kier molecular flexibility index (Phi) is 5.44. The van der Waals surface area contributed by atoms with Crippen LogP contribution in [0.3, 0.4) is 0 Å². The van der Waals surface area contributed by atoms with E-state index >= 15 is 0 Å². The molecule has 2 aromatic rings. The summed E-state index contributed by atoms with van der Waals surface area (Å²) in [6.07, 6.45) is 0.770. The highest BCUT2D eigenvalue weighted by molar-refractivity contribution is 5.22. The van der Waals surface area contributed by atoms with E-state index in [4.69, 9.17) is 10.8 Å². The van der Waals surface area contributed by atoms with Crippen molar-refractivity contribution in [3.05, 3.63) is 46.8 Å². The molecule has 2 rings (SSSR count). The highest BCUT2D eigenvalue weighted by atomic mass is 16.3. The molecule has 0 aliphatic heterocycles. The van der Waals surface area contributed by atoms with Crippen LogP contribution in [0.2, 0.25) is 0 Å². The minimum atomic E-state index is -0.838. The van der Waals surface area contributed by atoms with E-state index in [1.165, 1.54) is 11.1 Å². The van der Waals surface area contributed by atoms with Crippen LogP contribution in [0.1, 0.15) is 22.5 Å². The molecule has 0 fully saturated rings. The molecule has 6 nitrogen and oxygen atoms in total. The minimum Gasteiger partial charge on any atom is -0.394 e. The van der Waals surface area contributed by atoms with Gasteiger partial charge in [-0.15, -0.1) is 5.10 Å². The van der Waals surface area contributed by atoms with E-state index in [1.807, 2.05) is 0 Å². The molecule has 0 amide bonds. The van der Waals surface area contributed by atoms with Crippen LogP contribution < -0.4 is 5.73 Å². The molecule has 0 aliphatic carbocycles. The summed E-state index contributed by atoms with van der Waals surface area (Å²) in [6, 6.07) is 8.39. The monoisotopic (exact) mass is 290 g/mol. The smallest absolute Gasteiger partial charge is 0.0994 e. The molecule has 0 saturated heterocycles. The number of rotatable bonds is 7. The van der Waals surface area contributed by atoms with Gasteiger partial charge in [0.2, 0.25) is 0 Å². The fourth-order valence-corrected chi connectivity index (χ4v) is 2.22. The Morgan fingerprint density at radius 1 is 1.24 bits per heavy atom. The van der Waals surface area contributed by atoms with Gasteiger partial charge in [0.05, 0.1) is 30.6 Å². The normalized spacial score (nSPS) is 12.6. The maximum absolute atomic E-state index is 9.56.